The second kappa shape index (κ2) is 6.97. The van der Waals surface area contributed by atoms with Gasteiger partial charge in [-0.15, -0.1) is 0 Å². The van der Waals surface area contributed by atoms with Crippen molar-refractivity contribution >= 4 is 28.5 Å². The second-order valence-corrected chi connectivity index (χ2v) is 6.07. The van der Waals surface area contributed by atoms with Gasteiger partial charge in [0, 0.05) is 11.1 Å². The van der Waals surface area contributed by atoms with Gasteiger partial charge in [0.2, 0.25) is 0 Å². The molecule has 0 radical (unpaired) electrons. The summed E-state index contributed by atoms with van der Waals surface area (Å²) in [5, 5.41) is 16.0. The van der Waals surface area contributed by atoms with Crippen LogP contribution in [0.2, 0.25) is 0 Å². The average Bonchev–Trinajstić information content (AvgIpc) is 3.05. The Hall–Kier alpha value is -3.19. The lowest BCUT2D eigenvalue weighted by atomic mass is 10.0. The van der Waals surface area contributed by atoms with Crippen LogP contribution in [-0.4, -0.2) is 23.5 Å². The summed E-state index contributed by atoms with van der Waals surface area (Å²) in [5.74, 6) is -2.18. The molecule has 3 rings (SSSR count). The Labute approximate surface area is 148 Å². The molecular formula is C19H17FN2O4. The predicted molar refractivity (Wildman–Crippen MR) is 93.8 cm³/mol. The standard InChI is InChI=1S/C19H17FN2O4/c1-19(25,16-9-12-5-2-3-8-15(12)26-16)11-21-17(23)18(24)22-14-7-4-6-13(20)10-14/h2-10,25H,11H2,1H3,(H,21,23)(H,22,24). The SMILES string of the molecule is CC(O)(CNC(=O)C(=O)Nc1cccc(F)c1)c1cc2ccccc2o1. The number of benzene rings is 2. The fourth-order valence-corrected chi connectivity index (χ4v) is 2.42. The molecular weight excluding hydrogens is 339 g/mol. The first-order valence-electron chi connectivity index (χ1n) is 7.91. The number of carbonyl (C=O) groups excluding carboxylic acids is 2. The maximum absolute atomic E-state index is 13.1. The van der Waals surface area contributed by atoms with Gasteiger partial charge in [-0.05, 0) is 37.3 Å². The number of hydrogen-bond donors (Lipinski definition) is 3. The van der Waals surface area contributed by atoms with Crippen molar-refractivity contribution in [3.8, 4) is 0 Å². The van der Waals surface area contributed by atoms with E-state index in [0.29, 0.717) is 5.58 Å². The van der Waals surface area contributed by atoms with E-state index in [9.17, 15) is 19.1 Å². The lowest BCUT2D eigenvalue weighted by Gasteiger charge is -2.20. The van der Waals surface area contributed by atoms with Crippen molar-refractivity contribution in [3.05, 3.63) is 66.2 Å². The third-order valence-corrected chi connectivity index (χ3v) is 3.84. The summed E-state index contributed by atoms with van der Waals surface area (Å²) in [6.45, 7) is 1.23. The summed E-state index contributed by atoms with van der Waals surface area (Å²) in [7, 11) is 0. The van der Waals surface area contributed by atoms with Gasteiger partial charge in [-0.3, -0.25) is 9.59 Å². The molecule has 1 aromatic heterocycles. The first-order valence-corrected chi connectivity index (χ1v) is 7.91. The van der Waals surface area contributed by atoms with E-state index in [1.807, 2.05) is 18.2 Å². The largest absolute Gasteiger partial charge is 0.458 e. The van der Waals surface area contributed by atoms with Crippen LogP contribution in [0.15, 0.2) is 59.0 Å². The third-order valence-electron chi connectivity index (χ3n) is 3.84. The van der Waals surface area contributed by atoms with E-state index in [0.717, 1.165) is 11.5 Å². The summed E-state index contributed by atoms with van der Waals surface area (Å²) in [6, 6.07) is 14.1. The molecule has 26 heavy (non-hydrogen) atoms. The third kappa shape index (κ3) is 3.89. The maximum atomic E-state index is 13.1. The monoisotopic (exact) mass is 356 g/mol. The highest BCUT2D eigenvalue weighted by molar-refractivity contribution is 6.39. The molecule has 0 aliphatic heterocycles. The molecule has 1 unspecified atom stereocenters. The van der Waals surface area contributed by atoms with Crippen LogP contribution < -0.4 is 10.6 Å². The number of furan rings is 1. The lowest BCUT2D eigenvalue weighted by Crippen LogP contribution is -2.43. The Kier molecular flexibility index (Phi) is 4.73. The van der Waals surface area contributed by atoms with Gasteiger partial charge in [-0.25, -0.2) is 4.39 Å². The minimum absolute atomic E-state index is 0.161. The number of halogens is 1. The van der Waals surface area contributed by atoms with E-state index in [2.05, 4.69) is 10.6 Å². The zero-order valence-electron chi connectivity index (χ0n) is 14.0. The van der Waals surface area contributed by atoms with Gasteiger partial charge < -0.3 is 20.2 Å². The van der Waals surface area contributed by atoms with E-state index >= 15 is 0 Å². The molecule has 0 aliphatic carbocycles. The quantitative estimate of drug-likeness (QED) is 0.627. The minimum Gasteiger partial charge on any atom is -0.458 e. The molecule has 1 atom stereocenters. The highest BCUT2D eigenvalue weighted by Gasteiger charge is 2.29. The summed E-state index contributed by atoms with van der Waals surface area (Å²) in [6.07, 6.45) is 0. The van der Waals surface area contributed by atoms with Gasteiger partial charge in [0.15, 0.2) is 0 Å². The van der Waals surface area contributed by atoms with Crippen molar-refractivity contribution in [2.75, 3.05) is 11.9 Å². The minimum atomic E-state index is -1.51. The molecule has 134 valence electrons. The first-order chi connectivity index (χ1) is 12.3. The molecule has 0 bridgehead atoms. The fourth-order valence-electron chi connectivity index (χ4n) is 2.42. The van der Waals surface area contributed by atoms with E-state index in [-0.39, 0.29) is 18.0 Å². The van der Waals surface area contributed by atoms with Crippen molar-refractivity contribution in [1.82, 2.24) is 5.32 Å². The number of anilines is 1. The number of nitrogens with one attached hydrogen (secondary N) is 2. The molecule has 0 aliphatic rings. The molecule has 1 heterocycles. The van der Waals surface area contributed by atoms with Crippen LogP contribution in [0.1, 0.15) is 12.7 Å². The Morgan fingerprint density at radius 3 is 2.62 bits per heavy atom. The molecule has 6 nitrogen and oxygen atoms in total. The van der Waals surface area contributed by atoms with Crippen LogP contribution in [-0.2, 0) is 15.2 Å². The Balaban J connectivity index is 1.63. The van der Waals surface area contributed by atoms with Crippen LogP contribution in [0.4, 0.5) is 10.1 Å². The predicted octanol–water partition coefficient (Wildman–Crippen LogP) is 2.53. The van der Waals surface area contributed by atoms with Crippen LogP contribution >= 0.6 is 0 Å². The number of amides is 2. The molecule has 0 saturated heterocycles. The normalized spacial score (nSPS) is 13.2. The summed E-state index contributed by atoms with van der Waals surface area (Å²) in [4.78, 5) is 23.8. The molecule has 2 aromatic carbocycles. The molecule has 2 amide bonds. The molecule has 3 N–H and O–H groups in total. The van der Waals surface area contributed by atoms with E-state index in [1.165, 1.54) is 25.1 Å². The first kappa shape index (κ1) is 17.6. The number of carbonyl (C=O) groups is 2. The second-order valence-electron chi connectivity index (χ2n) is 6.07. The van der Waals surface area contributed by atoms with Gasteiger partial charge in [0.1, 0.15) is 22.8 Å². The van der Waals surface area contributed by atoms with Crippen LogP contribution in [0, 0.1) is 5.82 Å². The number of aliphatic hydroxyl groups is 1. The van der Waals surface area contributed by atoms with Gasteiger partial charge in [-0.2, -0.15) is 0 Å². The molecule has 0 fully saturated rings. The number of para-hydroxylation sites is 1. The van der Waals surface area contributed by atoms with Crippen molar-refractivity contribution < 1.29 is 23.5 Å². The van der Waals surface area contributed by atoms with Crippen LogP contribution in [0.5, 0.6) is 0 Å². The van der Waals surface area contributed by atoms with Crippen molar-refractivity contribution in [2.45, 2.75) is 12.5 Å². The lowest BCUT2D eigenvalue weighted by molar-refractivity contribution is -0.136. The molecule has 3 aromatic rings. The Morgan fingerprint density at radius 2 is 1.88 bits per heavy atom. The fraction of sp³-hybridized carbons (Fsp3) is 0.158. The topological polar surface area (TPSA) is 91.6 Å². The van der Waals surface area contributed by atoms with Gasteiger partial charge in [-0.1, -0.05) is 24.3 Å². The molecule has 0 spiro atoms. The smallest absolute Gasteiger partial charge is 0.313 e. The number of hydrogen-bond acceptors (Lipinski definition) is 4. The van der Waals surface area contributed by atoms with Crippen molar-refractivity contribution in [3.63, 3.8) is 0 Å². The number of rotatable bonds is 4. The number of fused-ring (bicyclic) bond motifs is 1. The van der Waals surface area contributed by atoms with E-state index < -0.39 is 23.2 Å². The highest BCUT2D eigenvalue weighted by atomic mass is 19.1. The average molecular weight is 356 g/mol. The van der Waals surface area contributed by atoms with Crippen LogP contribution in [0.3, 0.4) is 0 Å². The van der Waals surface area contributed by atoms with Gasteiger partial charge in [0.25, 0.3) is 0 Å². The molecule has 0 saturated carbocycles. The molecule has 7 heteroatoms. The summed E-state index contributed by atoms with van der Waals surface area (Å²) >= 11 is 0. The Bertz CT molecular complexity index is 932. The maximum Gasteiger partial charge on any atom is 0.313 e. The van der Waals surface area contributed by atoms with E-state index in [1.54, 1.807) is 12.1 Å². The van der Waals surface area contributed by atoms with Crippen molar-refractivity contribution in [1.29, 1.82) is 0 Å². The van der Waals surface area contributed by atoms with Crippen molar-refractivity contribution in [2.24, 2.45) is 0 Å². The summed E-state index contributed by atoms with van der Waals surface area (Å²) in [5.41, 5.74) is -0.736. The summed E-state index contributed by atoms with van der Waals surface area (Å²) < 4.78 is 18.7. The van der Waals surface area contributed by atoms with Gasteiger partial charge in [0.05, 0.1) is 6.54 Å². The van der Waals surface area contributed by atoms with E-state index in [4.69, 9.17) is 4.42 Å². The zero-order valence-corrected chi connectivity index (χ0v) is 14.0. The van der Waals surface area contributed by atoms with Gasteiger partial charge >= 0.3 is 11.8 Å². The zero-order chi connectivity index (χ0) is 18.7. The van der Waals surface area contributed by atoms with Crippen LogP contribution in [0.25, 0.3) is 11.0 Å². The highest BCUT2D eigenvalue weighted by Crippen LogP contribution is 2.27. The Morgan fingerprint density at radius 1 is 1.12 bits per heavy atom.